The third-order valence-electron chi connectivity index (χ3n) is 2.34. The van der Waals surface area contributed by atoms with Crippen LogP contribution >= 0.6 is 11.6 Å². The number of ether oxygens (including phenoxy) is 1. The predicted octanol–water partition coefficient (Wildman–Crippen LogP) is 2.85. The van der Waals surface area contributed by atoms with Crippen molar-refractivity contribution in [1.29, 1.82) is 0 Å². The number of benzene rings is 1. The van der Waals surface area contributed by atoms with Gasteiger partial charge in [-0.3, -0.25) is 0 Å². The lowest BCUT2D eigenvalue weighted by Crippen LogP contribution is -1.92. The quantitative estimate of drug-likeness (QED) is 0.733. The van der Waals surface area contributed by atoms with E-state index < -0.39 is 0 Å². The number of aromatic nitrogens is 2. The first kappa shape index (κ1) is 10.2. The molecule has 0 saturated heterocycles. The van der Waals surface area contributed by atoms with Gasteiger partial charge in [0.05, 0.1) is 7.11 Å². The van der Waals surface area contributed by atoms with Crippen LogP contribution in [-0.2, 0) is 6.42 Å². The monoisotopic (exact) mass is 222 g/mol. The number of rotatable bonds is 2. The molecule has 0 bridgehead atoms. The molecule has 0 aliphatic heterocycles. The van der Waals surface area contributed by atoms with Crippen LogP contribution in [0.4, 0.5) is 0 Å². The van der Waals surface area contributed by atoms with Gasteiger partial charge in [-0.25, -0.2) is 9.97 Å². The summed E-state index contributed by atoms with van der Waals surface area (Å²) >= 11 is 6.01. The summed E-state index contributed by atoms with van der Waals surface area (Å²) in [5, 5.41) is 1.31. The van der Waals surface area contributed by atoms with Gasteiger partial charge in [-0.05, 0) is 24.1 Å². The lowest BCUT2D eigenvalue weighted by molar-refractivity contribution is 0.418. The highest BCUT2D eigenvalue weighted by atomic mass is 35.5. The van der Waals surface area contributed by atoms with Gasteiger partial charge in [0.15, 0.2) is 0 Å². The highest BCUT2D eigenvalue weighted by Crippen LogP contribution is 2.29. The Morgan fingerprint density at radius 3 is 2.80 bits per heavy atom. The Balaban J connectivity index is 2.80. The van der Waals surface area contributed by atoms with E-state index in [2.05, 4.69) is 16.9 Å². The molecule has 1 aromatic carbocycles. The molecule has 0 amide bonds. The van der Waals surface area contributed by atoms with E-state index in [1.54, 1.807) is 7.11 Å². The van der Waals surface area contributed by atoms with Crippen LogP contribution in [0.5, 0.6) is 5.75 Å². The van der Waals surface area contributed by atoms with E-state index in [-0.39, 0.29) is 0 Å². The Hall–Kier alpha value is -1.35. The Kier molecular flexibility index (Phi) is 2.73. The fraction of sp³-hybridized carbons (Fsp3) is 0.273. The van der Waals surface area contributed by atoms with E-state index in [4.69, 9.17) is 16.3 Å². The normalized spacial score (nSPS) is 10.6. The molecule has 0 atom stereocenters. The average Bonchev–Trinajstić information content (AvgIpc) is 2.28. The van der Waals surface area contributed by atoms with Crippen molar-refractivity contribution in [2.45, 2.75) is 13.3 Å². The summed E-state index contributed by atoms with van der Waals surface area (Å²) in [6.07, 6.45) is 2.37. The van der Waals surface area contributed by atoms with Gasteiger partial charge in [0, 0.05) is 5.39 Å². The lowest BCUT2D eigenvalue weighted by Gasteiger charge is -2.07. The maximum atomic E-state index is 6.01. The fourth-order valence-corrected chi connectivity index (χ4v) is 1.71. The second kappa shape index (κ2) is 4.03. The zero-order valence-electron chi connectivity index (χ0n) is 8.62. The van der Waals surface area contributed by atoms with Crippen LogP contribution in [0, 0.1) is 0 Å². The number of methoxy groups -OCH3 is 1. The molecule has 0 radical (unpaired) electrons. The van der Waals surface area contributed by atoms with Crippen molar-refractivity contribution in [2.75, 3.05) is 7.11 Å². The summed E-state index contributed by atoms with van der Waals surface area (Å²) < 4.78 is 5.28. The molecule has 78 valence electrons. The SMILES string of the molecule is CCc1cc(OC)c2ncnc(Cl)c2c1. The Morgan fingerprint density at radius 1 is 1.33 bits per heavy atom. The zero-order valence-corrected chi connectivity index (χ0v) is 9.38. The first-order chi connectivity index (χ1) is 7.26. The van der Waals surface area contributed by atoms with Gasteiger partial charge in [0.25, 0.3) is 0 Å². The van der Waals surface area contributed by atoms with Crippen molar-refractivity contribution in [3.05, 3.63) is 29.2 Å². The number of nitrogens with zero attached hydrogens (tertiary/aromatic N) is 2. The maximum absolute atomic E-state index is 6.01. The summed E-state index contributed by atoms with van der Waals surface area (Å²) in [5.41, 5.74) is 1.92. The second-order valence-electron chi connectivity index (χ2n) is 3.21. The minimum absolute atomic E-state index is 0.466. The van der Waals surface area contributed by atoms with Crippen LogP contribution in [0.25, 0.3) is 10.9 Å². The highest BCUT2D eigenvalue weighted by molar-refractivity contribution is 6.34. The second-order valence-corrected chi connectivity index (χ2v) is 3.57. The van der Waals surface area contributed by atoms with Crippen molar-refractivity contribution in [3.63, 3.8) is 0 Å². The summed E-state index contributed by atoms with van der Waals surface area (Å²) in [5.74, 6) is 0.744. The first-order valence-corrected chi connectivity index (χ1v) is 5.11. The Bertz CT molecular complexity index is 499. The largest absolute Gasteiger partial charge is 0.494 e. The molecule has 4 heteroatoms. The number of fused-ring (bicyclic) bond motifs is 1. The van der Waals surface area contributed by atoms with Crippen molar-refractivity contribution >= 4 is 22.5 Å². The van der Waals surface area contributed by atoms with Gasteiger partial charge in [-0.1, -0.05) is 18.5 Å². The van der Waals surface area contributed by atoms with E-state index in [0.717, 1.165) is 28.6 Å². The van der Waals surface area contributed by atoms with Gasteiger partial charge in [0.2, 0.25) is 0 Å². The van der Waals surface area contributed by atoms with E-state index in [1.807, 2.05) is 12.1 Å². The Morgan fingerprint density at radius 2 is 2.13 bits per heavy atom. The van der Waals surface area contributed by atoms with Crippen molar-refractivity contribution in [1.82, 2.24) is 9.97 Å². The molecule has 15 heavy (non-hydrogen) atoms. The molecule has 0 aliphatic carbocycles. The molecule has 2 aromatic rings. The van der Waals surface area contributed by atoms with Gasteiger partial charge in [-0.2, -0.15) is 0 Å². The molecule has 0 N–H and O–H groups in total. The van der Waals surface area contributed by atoms with Crippen molar-refractivity contribution in [3.8, 4) is 5.75 Å². The molecular formula is C11H11ClN2O. The van der Waals surface area contributed by atoms with Crippen molar-refractivity contribution in [2.24, 2.45) is 0 Å². The third-order valence-corrected chi connectivity index (χ3v) is 2.64. The molecule has 2 rings (SSSR count). The molecular weight excluding hydrogens is 212 g/mol. The minimum Gasteiger partial charge on any atom is -0.494 e. The molecule has 0 spiro atoms. The molecule has 0 saturated carbocycles. The number of aryl methyl sites for hydroxylation is 1. The van der Waals surface area contributed by atoms with Crippen LogP contribution in [-0.4, -0.2) is 17.1 Å². The molecule has 1 aromatic heterocycles. The number of halogens is 1. The fourth-order valence-electron chi connectivity index (χ4n) is 1.52. The van der Waals surface area contributed by atoms with Gasteiger partial charge < -0.3 is 4.74 Å². The van der Waals surface area contributed by atoms with Gasteiger partial charge in [-0.15, -0.1) is 0 Å². The summed E-state index contributed by atoms with van der Waals surface area (Å²) in [6.45, 7) is 2.08. The zero-order chi connectivity index (χ0) is 10.8. The predicted molar refractivity (Wildman–Crippen MR) is 60.5 cm³/mol. The minimum atomic E-state index is 0.466. The first-order valence-electron chi connectivity index (χ1n) is 4.73. The average molecular weight is 223 g/mol. The van der Waals surface area contributed by atoms with E-state index in [9.17, 15) is 0 Å². The van der Waals surface area contributed by atoms with Crippen molar-refractivity contribution < 1.29 is 4.74 Å². The summed E-state index contributed by atoms with van der Waals surface area (Å²) in [6, 6.07) is 3.98. The van der Waals surface area contributed by atoms with Crippen LogP contribution in [0.1, 0.15) is 12.5 Å². The van der Waals surface area contributed by atoms with Crippen LogP contribution in [0.15, 0.2) is 18.5 Å². The molecule has 1 heterocycles. The highest BCUT2D eigenvalue weighted by Gasteiger charge is 2.08. The smallest absolute Gasteiger partial charge is 0.145 e. The topological polar surface area (TPSA) is 35.0 Å². The summed E-state index contributed by atoms with van der Waals surface area (Å²) in [7, 11) is 1.63. The summed E-state index contributed by atoms with van der Waals surface area (Å²) in [4.78, 5) is 8.12. The van der Waals surface area contributed by atoms with Gasteiger partial charge >= 0.3 is 0 Å². The van der Waals surface area contributed by atoms with E-state index in [0.29, 0.717) is 5.15 Å². The maximum Gasteiger partial charge on any atom is 0.145 e. The number of hydrogen-bond donors (Lipinski definition) is 0. The molecule has 3 nitrogen and oxygen atoms in total. The molecule has 0 fully saturated rings. The standard InChI is InChI=1S/C11H11ClN2O/c1-3-7-4-8-10(9(5-7)15-2)13-6-14-11(8)12/h4-6H,3H2,1-2H3. The van der Waals surface area contributed by atoms with E-state index in [1.165, 1.54) is 6.33 Å². The van der Waals surface area contributed by atoms with Crippen LogP contribution in [0.3, 0.4) is 0 Å². The molecule has 0 aliphatic rings. The Labute approximate surface area is 93.1 Å². The van der Waals surface area contributed by atoms with Crippen LogP contribution < -0.4 is 4.74 Å². The van der Waals surface area contributed by atoms with Crippen LogP contribution in [0.2, 0.25) is 5.15 Å². The van der Waals surface area contributed by atoms with Gasteiger partial charge in [0.1, 0.15) is 22.7 Å². The molecule has 0 unspecified atom stereocenters. The van der Waals surface area contributed by atoms with E-state index >= 15 is 0 Å². The third kappa shape index (κ3) is 1.75. The number of hydrogen-bond acceptors (Lipinski definition) is 3. The lowest BCUT2D eigenvalue weighted by atomic mass is 10.1.